The van der Waals surface area contributed by atoms with Gasteiger partial charge < -0.3 is 10.6 Å². The summed E-state index contributed by atoms with van der Waals surface area (Å²) in [6.45, 7) is 6.96. The molecule has 5 nitrogen and oxygen atoms in total. The molecule has 1 aromatic carbocycles. The molecule has 0 aliphatic heterocycles. The van der Waals surface area contributed by atoms with E-state index in [1.165, 1.54) is 5.56 Å². The number of rotatable bonds is 8. The molecule has 1 aromatic heterocycles. The molecule has 0 spiro atoms. The standard InChI is InChI=1S/C19H25ClN4O/c1-13-17(11-21-9-10-22-19(25)15-7-8-15)14(2)24(23-13)12-16-5-3-4-6-18(16)20/h3-6,15,21H,7-12H2,1-2H3,(H,22,25). The number of aryl methyl sites for hydroxylation is 1. The average molecular weight is 361 g/mol. The Kier molecular flexibility index (Phi) is 5.76. The fraction of sp³-hybridized carbons (Fsp3) is 0.474. The summed E-state index contributed by atoms with van der Waals surface area (Å²) in [5.41, 5.74) is 4.45. The SMILES string of the molecule is Cc1nn(Cc2ccccc2Cl)c(C)c1CNCCNC(=O)C1CC1. The lowest BCUT2D eigenvalue weighted by atomic mass is 10.2. The van der Waals surface area contributed by atoms with Gasteiger partial charge in [0.2, 0.25) is 5.91 Å². The summed E-state index contributed by atoms with van der Waals surface area (Å²) in [4.78, 5) is 11.6. The maximum absolute atomic E-state index is 11.6. The minimum Gasteiger partial charge on any atom is -0.355 e. The van der Waals surface area contributed by atoms with Crippen LogP contribution in [0.1, 0.15) is 35.4 Å². The number of hydrogen-bond donors (Lipinski definition) is 2. The van der Waals surface area contributed by atoms with Gasteiger partial charge in [-0.05, 0) is 38.3 Å². The molecule has 1 aliphatic carbocycles. The number of nitrogens with one attached hydrogen (secondary N) is 2. The van der Waals surface area contributed by atoms with Gasteiger partial charge in [-0.2, -0.15) is 5.10 Å². The van der Waals surface area contributed by atoms with E-state index < -0.39 is 0 Å². The van der Waals surface area contributed by atoms with Gasteiger partial charge in [0.1, 0.15) is 0 Å². The van der Waals surface area contributed by atoms with Crippen molar-refractivity contribution in [3.05, 3.63) is 51.8 Å². The molecule has 0 unspecified atom stereocenters. The van der Waals surface area contributed by atoms with Gasteiger partial charge in [-0.3, -0.25) is 9.48 Å². The van der Waals surface area contributed by atoms with Gasteiger partial charge in [-0.25, -0.2) is 0 Å². The molecule has 1 fully saturated rings. The number of hydrogen-bond acceptors (Lipinski definition) is 3. The van der Waals surface area contributed by atoms with Gasteiger partial charge in [0, 0.05) is 41.8 Å². The van der Waals surface area contributed by atoms with Crippen molar-refractivity contribution < 1.29 is 4.79 Å². The van der Waals surface area contributed by atoms with E-state index in [2.05, 4.69) is 22.7 Å². The lowest BCUT2D eigenvalue weighted by Crippen LogP contribution is -2.32. The van der Waals surface area contributed by atoms with Crippen LogP contribution in [0, 0.1) is 19.8 Å². The van der Waals surface area contributed by atoms with Crippen molar-refractivity contribution in [2.24, 2.45) is 5.92 Å². The maximum atomic E-state index is 11.6. The van der Waals surface area contributed by atoms with Crippen LogP contribution >= 0.6 is 11.6 Å². The third-order valence-electron chi connectivity index (χ3n) is 4.66. The van der Waals surface area contributed by atoms with E-state index in [4.69, 9.17) is 11.6 Å². The first kappa shape index (κ1) is 18.0. The summed E-state index contributed by atoms with van der Waals surface area (Å²) in [5.74, 6) is 0.467. The first-order valence-corrected chi connectivity index (χ1v) is 9.18. The van der Waals surface area contributed by atoms with E-state index in [9.17, 15) is 4.79 Å². The number of carbonyl (C=O) groups is 1. The molecule has 2 aromatic rings. The Balaban J connectivity index is 1.52. The molecule has 1 amide bonds. The number of benzene rings is 1. The quantitative estimate of drug-likeness (QED) is 0.712. The maximum Gasteiger partial charge on any atom is 0.223 e. The van der Waals surface area contributed by atoms with Crippen LogP contribution in [0.4, 0.5) is 0 Å². The van der Waals surface area contributed by atoms with Crippen LogP contribution in [0.5, 0.6) is 0 Å². The van der Waals surface area contributed by atoms with Crippen LogP contribution in [0.3, 0.4) is 0 Å². The second-order valence-electron chi connectivity index (χ2n) is 6.64. The Morgan fingerprint density at radius 3 is 2.76 bits per heavy atom. The molecule has 25 heavy (non-hydrogen) atoms. The fourth-order valence-corrected chi connectivity index (χ4v) is 3.10. The molecule has 1 saturated carbocycles. The molecule has 3 rings (SSSR count). The molecule has 0 bridgehead atoms. The van der Waals surface area contributed by atoms with E-state index in [0.717, 1.165) is 47.9 Å². The summed E-state index contributed by atoms with van der Waals surface area (Å²) >= 11 is 6.26. The van der Waals surface area contributed by atoms with Gasteiger partial charge in [-0.1, -0.05) is 29.8 Å². The van der Waals surface area contributed by atoms with Crippen LogP contribution in [0.25, 0.3) is 0 Å². The van der Waals surface area contributed by atoms with E-state index in [0.29, 0.717) is 13.1 Å². The van der Waals surface area contributed by atoms with Crippen LogP contribution < -0.4 is 10.6 Å². The number of halogens is 1. The molecule has 0 saturated heterocycles. The number of nitrogens with zero attached hydrogens (tertiary/aromatic N) is 2. The Morgan fingerprint density at radius 2 is 2.04 bits per heavy atom. The van der Waals surface area contributed by atoms with Gasteiger partial charge in [0.25, 0.3) is 0 Å². The normalized spacial score (nSPS) is 13.9. The Bertz CT molecular complexity index is 752. The van der Waals surface area contributed by atoms with Crippen LogP contribution in [0.15, 0.2) is 24.3 Å². The van der Waals surface area contributed by atoms with Crippen molar-refractivity contribution in [2.75, 3.05) is 13.1 Å². The van der Waals surface area contributed by atoms with Crippen molar-refractivity contribution in [1.82, 2.24) is 20.4 Å². The molecule has 134 valence electrons. The second kappa shape index (κ2) is 8.02. The van der Waals surface area contributed by atoms with E-state index in [1.54, 1.807) is 0 Å². The van der Waals surface area contributed by atoms with Crippen molar-refractivity contribution in [3.8, 4) is 0 Å². The first-order valence-electron chi connectivity index (χ1n) is 8.81. The third kappa shape index (κ3) is 4.61. The molecule has 2 N–H and O–H groups in total. The monoisotopic (exact) mass is 360 g/mol. The molecule has 0 atom stereocenters. The summed E-state index contributed by atoms with van der Waals surface area (Å²) in [7, 11) is 0. The highest BCUT2D eigenvalue weighted by atomic mass is 35.5. The van der Waals surface area contributed by atoms with Crippen LogP contribution in [0.2, 0.25) is 5.02 Å². The third-order valence-corrected chi connectivity index (χ3v) is 5.03. The highest BCUT2D eigenvalue weighted by molar-refractivity contribution is 6.31. The van der Waals surface area contributed by atoms with Crippen molar-refractivity contribution >= 4 is 17.5 Å². The Morgan fingerprint density at radius 1 is 1.28 bits per heavy atom. The fourth-order valence-electron chi connectivity index (χ4n) is 2.91. The number of aromatic nitrogens is 2. The molecule has 6 heteroatoms. The topological polar surface area (TPSA) is 59.0 Å². The average Bonchev–Trinajstić information content (AvgIpc) is 3.40. The summed E-state index contributed by atoms with van der Waals surface area (Å²) in [5, 5.41) is 11.8. The van der Waals surface area contributed by atoms with E-state index in [1.807, 2.05) is 35.9 Å². The van der Waals surface area contributed by atoms with E-state index in [-0.39, 0.29) is 11.8 Å². The highest BCUT2D eigenvalue weighted by Gasteiger charge is 2.28. The highest BCUT2D eigenvalue weighted by Crippen LogP contribution is 2.28. The molecule has 1 heterocycles. The number of amides is 1. The van der Waals surface area contributed by atoms with Gasteiger partial charge in [0.05, 0.1) is 12.2 Å². The summed E-state index contributed by atoms with van der Waals surface area (Å²) < 4.78 is 2.00. The van der Waals surface area contributed by atoms with Gasteiger partial charge >= 0.3 is 0 Å². The van der Waals surface area contributed by atoms with E-state index >= 15 is 0 Å². The van der Waals surface area contributed by atoms with Crippen molar-refractivity contribution in [3.63, 3.8) is 0 Å². The Hall–Kier alpha value is -1.85. The van der Waals surface area contributed by atoms with Crippen molar-refractivity contribution in [2.45, 2.75) is 39.8 Å². The van der Waals surface area contributed by atoms with Crippen molar-refractivity contribution in [1.29, 1.82) is 0 Å². The summed E-state index contributed by atoms with van der Waals surface area (Å²) in [6, 6.07) is 7.86. The zero-order valence-electron chi connectivity index (χ0n) is 14.8. The predicted molar refractivity (Wildman–Crippen MR) is 99.7 cm³/mol. The van der Waals surface area contributed by atoms with Gasteiger partial charge in [0.15, 0.2) is 0 Å². The van der Waals surface area contributed by atoms with Crippen LogP contribution in [-0.2, 0) is 17.9 Å². The van der Waals surface area contributed by atoms with Crippen LogP contribution in [-0.4, -0.2) is 28.8 Å². The number of carbonyl (C=O) groups excluding carboxylic acids is 1. The minimum atomic E-state index is 0.196. The predicted octanol–water partition coefficient (Wildman–Crippen LogP) is 2.82. The minimum absolute atomic E-state index is 0.196. The largest absolute Gasteiger partial charge is 0.355 e. The smallest absolute Gasteiger partial charge is 0.223 e. The summed E-state index contributed by atoms with van der Waals surface area (Å²) in [6.07, 6.45) is 2.09. The first-order chi connectivity index (χ1) is 12.1. The zero-order chi connectivity index (χ0) is 17.8. The zero-order valence-corrected chi connectivity index (χ0v) is 15.6. The molecular weight excluding hydrogens is 336 g/mol. The molecule has 0 radical (unpaired) electrons. The Labute approximate surface area is 153 Å². The van der Waals surface area contributed by atoms with Gasteiger partial charge in [-0.15, -0.1) is 0 Å². The molecule has 1 aliphatic rings. The second-order valence-corrected chi connectivity index (χ2v) is 7.05. The lowest BCUT2D eigenvalue weighted by molar-refractivity contribution is -0.122. The lowest BCUT2D eigenvalue weighted by Gasteiger charge is -2.09. The molecular formula is C19H25ClN4O.